The maximum Gasteiger partial charge on any atom is 0.224 e. The molecule has 2 N–H and O–H groups in total. The van der Waals surface area contributed by atoms with Crippen molar-refractivity contribution in [1.82, 2.24) is 9.97 Å². The highest BCUT2D eigenvalue weighted by Crippen LogP contribution is 2.28. The molecule has 1 aromatic carbocycles. The summed E-state index contributed by atoms with van der Waals surface area (Å²) in [5.74, 6) is 1.49. The second-order valence-electron chi connectivity index (χ2n) is 4.08. The maximum atomic E-state index is 4.49. The van der Waals surface area contributed by atoms with Gasteiger partial charge < -0.3 is 10.6 Å². The van der Waals surface area contributed by atoms with Crippen LogP contribution in [0.3, 0.4) is 0 Å². The third kappa shape index (κ3) is 3.38. The molecule has 0 saturated carbocycles. The lowest BCUT2D eigenvalue weighted by Gasteiger charge is -2.12. The molecule has 0 aliphatic heterocycles. The van der Waals surface area contributed by atoms with E-state index in [9.17, 15) is 0 Å². The zero-order chi connectivity index (χ0) is 13.7. The molecule has 0 radical (unpaired) electrons. The molecule has 5 heteroatoms. The highest BCUT2D eigenvalue weighted by Gasteiger charge is 2.06. The molecular weight excluding hydrogens is 256 g/mol. The Hall–Kier alpha value is -1.75. The van der Waals surface area contributed by atoms with Gasteiger partial charge in [-0.2, -0.15) is 4.98 Å². The Balaban J connectivity index is 2.29. The summed E-state index contributed by atoms with van der Waals surface area (Å²) in [6.07, 6.45) is 3.90. The van der Waals surface area contributed by atoms with Crippen LogP contribution in [0.1, 0.15) is 12.5 Å². The fraction of sp³-hybridized carbons (Fsp3) is 0.286. The van der Waals surface area contributed by atoms with E-state index in [1.54, 1.807) is 11.8 Å². The van der Waals surface area contributed by atoms with Crippen LogP contribution in [-0.2, 0) is 0 Å². The Labute approximate surface area is 118 Å². The Bertz CT molecular complexity index is 557. The molecule has 0 atom stereocenters. The van der Waals surface area contributed by atoms with Gasteiger partial charge in [-0.15, -0.1) is 11.8 Å². The van der Waals surface area contributed by atoms with Gasteiger partial charge in [0.15, 0.2) is 0 Å². The van der Waals surface area contributed by atoms with E-state index < -0.39 is 0 Å². The average molecular weight is 274 g/mol. The second kappa shape index (κ2) is 6.43. The number of hydrogen-bond donors (Lipinski definition) is 2. The molecule has 0 amide bonds. The fourth-order valence-electron chi connectivity index (χ4n) is 1.69. The number of rotatable bonds is 5. The smallest absolute Gasteiger partial charge is 0.224 e. The van der Waals surface area contributed by atoms with E-state index in [4.69, 9.17) is 0 Å². The van der Waals surface area contributed by atoms with Crippen LogP contribution in [0.4, 0.5) is 17.5 Å². The van der Waals surface area contributed by atoms with E-state index in [1.807, 2.05) is 32.2 Å². The summed E-state index contributed by atoms with van der Waals surface area (Å²) in [6.45, 7) is 4.84. The van der Waals surface area contributed by atoms with Crippen LogP contribution in [0.25, 0.3) is 0 Å². The number of aryl methyl sites for hydroxylation is 1. The minimum Gasteiger partial charge on any atom is -0.354 e. The van der Waals surface area contributed by atoms with Crippen molar-refractivity contribution < 1.29 is 0 Å². The molecule has 2 aromatic rings. The molecule has 0 spiro atoms. The SMILES string of the molecule is CCNc1ncc(C)c(Nc2ccccc2SC)n1. The lowest BCUT2D eigenvalue weighted by Crippen LogP contribution is -2.05. The van der Waals surface area contributed by atoms with Crippen molar-refractivity contribution in [3.05, 3.63) is 36.0 Å². The van der Waals surface area contributed by atoms with Crippen LogP contribution in [-0.4, -0.2) is 22.8 Å². The van der Waals surface area contributed by atoms with Gasteiger partial charge >= 0.3 is 0 Å². The number of thioether (sulfide) groups is 1. The van der Waals surface area contributed by atoms with Crippen LogP contribution in [0.5, 0.6) is 0 Å². The molecule has 1 aromatic heterocycles. The minimum atomic E-state index is 0.650. The van der Waals surface area contributed by atoms with Gasteiger partial charge in [-0.25, -0.2) is 4.98 Å². The molecule has 0 saturated heterocycles. The van der Waals surface area contributed by atoms with Gasteiger partial charge in [0.1, 0.15) is 5.82 Å². The van der Waals surface area contributed by atoms with Gasteiger partial charge in [-0.1, -0.05) is 12.1 Å². The van der Waals surface area contributed by atoms with E-state index in [0.29, 0.717) is 5.95 Å². The molecule has 0 unspecified atom stereocenters. The average Bonchev–Trinajstić information content (AvgIpc) is 2.43. The van der Waals surface area contributed by atoms with Crippen LogP contribution in [0.2, 0.25) is 0 Å². The van der Waals surface area contributed by atoms with Gasteiger partial charge in [-0.3, -0.25) is 0 Å². The molecule has 0 aliphatic rings. The van der Waals surface area contributed by atoms with Crippen molar-refractivity contribution in [2.75, 3.05) is 23.4 Å². The zero-order valence-electron chi connectivity index (χ0n) is 11.4. The summed E-state index contributed by atoms with van der Waals surface area (Å²) >= 11 is 1.71. The predicted molar refractivity (Wildman–Crippen MR) is 82.4 cm³/mol. The van der Waals surface area contributed by atoms with Crippen molar-refractivity contribution >= 4 is 29.2 Å². The number of nitrogens with zero attached hydrogens (tertiary/aromatic N) is 2. The summed E-state index contributed by atoms with van der Waals surface area (Å²) in [6, 6.07) is 8.20. The van der Waals surface area contributed by atoms with Gasteiger partial charge in [-0.05, 0) is 32.2 Å². The van der Waals surface area contributed by atoms with E-state index in [2.05, 4.69) is 39.0 Å². The number of nitrogens with one attached hydrogen (secondary N) is 2. The van der Waals surface area contributed by atoms with Gasteiger partial charge in [0.25, 0.3) is 0 Å². The molecule has 100 valence electrons. The lowest BCUT2D eigenvalue weighted by atomic mass is 10.3. The standard InChI is InChI=1S/C14H18N4S/c1-4-15-14-16-9-10(2)13(18-14)17-11-7-5-6-8-12(11)19-3/h5-9H,4H2,1-3H3,(H2,15,16,17,18). The first-order valence-corrected chi connectivity index (χ1v) is 7.44. The number of hydrogen-bond acceptors (Lipinski definition) is 5. The minimum absolute atomic E-state index is 0.650. The molecule has 2 rings (SSSR count). The van der Waals surface area contributed by atoms with Crippen molar-refractivity contribution in [1.29, 1.82) is 0 Å². The summed E-state index contributed by atoms with van der Waals surface area (Å²) in [7, 11) is 0. The predicted octanol–water partition coefficient (Wildman–Crippen LogP) is 3.68. The summed E-state index contributed by atoms with van der Waals surface area (Å²) in [5, 5.41) is 6.50. The summed E-state index contributed by atoms with van der Waals surface area (Å²) < 4.78 is 0. The first-order chi connectivity index (χ1) is 9.24. The Kier molecular flexibility index (Phi) is 4.63. The Morgan fingerprint density at radius 3 is 2.79 bits per heavy atom. The van der Waals surface area contributed by atoms with Crippen molar-refractivity contribution in [2.45, 2.75) is 18.7 Å². The third-order valence-electron chi connectivity index (χ3n) is 2.67. The molecule has 1 heterocycles. The topological polar surface area (TPSA) is 49.8 Å². The summed E-state index contributed by atoms with van der Waals surface area (Å²) in [4.78, 5) is 9.94. The van der Waals surface area contributed by atoms with Gasteiger partial charge in [0.05, 0.1) is 5.69 Å². The van der Waals surface area contributed by atoms with E-state index in [0.717, 1.165) is 23.6 Å². The van der Waals surface area contributed by atoms with E-state index >= 15 is 0 Å². The zero-order valence-corrected chi connectivity index (χ0v) is 12.2. The fourth-order valence-corrected chi connectivity index (χ4v) is 2.24. The largest absolute Gasteiger partial charge is 0.354 e. The number of benzene rings is 1. The quantitative estimate of drug-likeness (QED) is 0.814. The number of para-hydroxylation sites is 1. The first kappa shape index (κ1) is 13.7. The Morgan fingerprint density at radius 1 is 1.26 bits per heavy atom. The van der Waals surface area contributed by atoms with Crippen LogP contribution in [0, 0.1) is 6.92 Å². The Morgan fingerprint density at radius 2 is 2.05 bits per heavy atom. The number of aromatic nitrogens is 2. The van der Waals surface area contributed by atoms with E-state index in [1.165, 1.54) is 4.90 Å². The molecule has 0 fully saturated rings. The van der Waals surface area contributed by atoms with Crippen molar-refractivity contribution in [3.8, 4) is 0 Å². The van der Waals surface area contributed by atoms with Crippen molar-refractivity contribution in [3.63, 3.8) is 0 Å². The molecular formula is C14H18N4S. The second-order valence-corrected chi connectivity index (χ2v) is 4.93. The lowest BCUT2D eigenvalue weighted by molar-refractivity contribution is 1.07. The molecule has 0 aliphatic carbocycles. The maximum absolute atomic E-state index is 4.49. The molecule has 0 bridgehead atoms. The van der Waals surface area contributed by atoms with Gasteiger partial charge in [0, 0.05) is 23.2 Å². The first-order valence-electron chi connectivity index (χ1n) is 6.22. The van der Waals surface area contributed by atoms with Crippen LogP contribution >= 0.6 is 11.8 Å². The monoisotopic (exact) mass is 274 g/mol. The van der Waals surface area contributed by atoms with Gasteiger partial charge in [0.2, 0.25) is 5.95 Å². The number of anilines is 3. The normalized spacial score (nSPS) is 10.3. The summed E-state index contributed by atoms with van der Waals surface area (Å²) in [5.41, 5.74) is 2.09. The van der Waals surface area contributed by atoms with Crippen LogP contribution < -0.4 is 10.6 Å². The highest BCUT2D eigenvalue weighted by atomic mass is 32.2. The van der Waals surface area contributed by atoms with E-state index in [-0.39, 0.29) is 0 Å². The highest BCUT2D eigenvalue weighted by molar-refractivity contribution is 7.98. The van der Waals surface area contributed by atoms with Crippen molar-refractivity contribution in [2.24, 2.45) is 0 Å². The molecule has 19 heavy (non-hydrogen) atoms. The third-order valence-corrected chi connectivity index (χ3v) is 3.46. The molecule has 4 nitrogen and oxygen atoms in total. The van der Waals surface area contributed by atoms with Crippen LogP contribution in [0.15, 0.2) is 35.4 Å².